The van der Waals surface area contributed by atoms with Crippen molar-refractivity contribution in [2.24, 2.45) is 0 Å². The Bertz CT molecular complexity index is 713. The van der Waals surface area contributed by atoms with Gasteiger partial charge in [-0.1, -0.05) is 11.6 Å². The highest BCUT2D eigenvalue weighted by Gasteiger charge is 2.22. The molecular weight excluding hydrogens is 336 g/mol. The quantitative estimate of drug-likeness (QED) is 0.662. The van der Waals surface area contributed by atoms with Crippen LogP contribution < -0.4 is 10.2 Å². The molecule has 1 aromatic heterocycles. The number of aryl methyl sites for hydroxylation is 1. The first-order chi connectivity index (χ1) is 11.0. The number of nitrogens with zero attached hydrogens (tertiary/aromatic N) is 3. The van der Waals surface area contributed by atoms with E-state index in [0.29, 0.717) is 11.1 Å². The number of non-ortho nitro benzene ring substituents is 1. The molecule has 1 saturated heterocycles. The van der Waals surface area contributed by atoms with Crippen molar-refractivity contribution >= 4 is 39.4 Å². The van der Waals surface area contributed by atoms with Gasteiger partial charge in [-0.15, -0.1) is 11.3 Å². The summed E-state index contributed by atoms with van der Waals surface area (Å²) in [5.41, 5.74) is 1.92. The molecule has 0 atom stereocenters. The predicted molar refractivity (Wildman–Crippen MR) is 93.8 cm³/mol. The number of nitro groups is 1. The zero-order valence-electron chi connectivity index (χ0n) is 12.7. The molecule has 1 aromatic carbocycles. The van der Waals surface area contributed by atoms with Gasteiger partial charge in [0.25, 0.3) is 5.69 Å². The van der Waals surface area contributed by atoms with Crippen LogP contribution in [0.1, 0.15) is 18.5 Å². The van der Waals surface area contributed by atoms with Crippen molar-refractivity contribution in [3.05, 3.63) is 44.4 Å². The summed E-state index contributed by atoms with van der Waals surface area (Å²) in [6, 6.07) is 5.05. The summed E-state index contributed by atoms with van der Waals surface area (Å²) >= 11 is 7.83. The van der Waals surface area contributed by atoms with E-state index in [9.17, 15) is 10.1 Å². The van der Waals surface area contributed by atoms with Gasteiger partial charge in [0.1, 0.15) is 0 Å². The maximum atomic E-state index is 10.8. The highest BCUT2D eigenvalue weighted by atomic mass is 35.5. The second kappa shape index (κ2) is 6.72. The van der Waals surface area contributed by atoms with Gasteiger partial charge in [0.05, 0.1) is 21.3 Å². The van der Waals surface area contributed by atoms with Crippen LogP contribution in [-0.2, 0) is 0 Å². The van der Waals surface area contributed by atoms with E-state index in [4.69, 9.17) is 11.6 Å². The monoisotopic (exact) mass is 352 g/mol. The minimum absolute atomic E-state index is 0.0226. The molecule has 0 saturated carbocycles. The Morgan fingerprint density at radius 3 is 2.74 bits per heavy atom. The van der Waals surface area contributed by atoms with Crippen LogP contribution in [-0.4, -0.2) is 29.0 Å². The molecule has 0 unspecified atom stereocenters. The van der Waals surface area contributed by atoms with Crippen molar-refractivity contribution < 1.29 is 4.92 Å². The summed E-state index contributed by atoms with van der Waals surface area (Å²) in [7, 11) is 0. The molecule has 122 valence electrons. The number of hydrogen-bond acceptors (Lipinski definition) is 6. The second-order valence-electron chi connectivity index (χ2n) is 5.59. The Hall–Kier alpha value is -1.86. The van der Waals surface area contributed by atoms with Gasteiger partial charge < -0.3 is 10.2 Å². The summed E-state index contributed by atoms with van der Waals surface area (Å²) in [6.45, 7) is 3.71. The number of thiazole rings is 1. The zero-order valence-corrected chi connectivity index (χ0v) is 14.2. The van der Waals surface area contributed by atoms with Gasteiger partial charge in [-0.25, -0.2) is 4.98 Å². The molecule has 8 heteroatoms. The first-order valence-electron chi connectivity index (χ1n) is 7.40. The van der Waals surface area contributed by atoms with Crippen LogP contribution in [0.4, 0.5) is 16.5 Å². The standard InChI is InChI=1S/C15H17ClN4O2S/c1-10-9-23-15(17-10)18-11-4-6-19(7-5-11)14-3-2-12(20(21)22)8-13(14)16/h2-3,8-9,11H,4-7H2,1H3,(H,17,18). The predicted octanol–water partition coefficient (Wildman–Crippen LogP) is 4.09. The fourth-order valence-electron chi connectivity index (χ4n) is 2.73. The van der Waals surface area contributed by atoms with Crippen molar-refractivity contribution in [2.75, 3.05) is 23.3 Å². The van der Waals surface area contributed by atoms with Gasteiger partial charge in [-0.3, -0.25) is 10.1 Å². The van der Waals surface area contributed by atoms with Crippen LogP contribution in [0.5, 0.6) is 0 Å². The van der Waals surface area contributed by atoms with Crippen molar-refractivity contribution in [3.63, 3.8) is 0 Å². The van der Waals surface area contributed by atoms with Gasteiger partial charge in [0.15, 0.2) is 5.13 Å². The molecule has 1 aliphatic rings. The minimum atomic E-state index is -0.429. The molecule has 6 nitrogen and oxygen atoms in total. The number of nitrogens with one attached hydrogen (secondary N) is 1. The lowest BCUT2D eigenvalue weighted by Crippen LogP contribution is -2.39. The lowest BCUT2D eigenvalue weighted by Gasteiger charge is -2.34. The Labute approximate surface area is 143 Å². The first kappa shape index (κ1) is 16.0. The van der Waals surface area contributed by atoms with Crippen molar-refractivity contribution in [1.82, 2.24) is 4.98 Å². The van der Waals surface area contributed by atoms with E-state index in [-0.39, 0.29) is 5.69 Å². The van der Waals surface area contributed by atoms with E-state index in [1.165, 1.54) is 12.1 Å². The third kappa shape index (κ3) is 3.73. The average molecular weight is 353 g/mol. The summed E-state index contributed by atoms with van der Waals surface area (Å²) < 4.78 is 0. The molecular formula is C15H17ClN4O2S. The van der Waals surface area contributed by atoms with Crippen molar-refractivity contribution in [2.45, 2.75) is 25.8 Å². The normalized spacial score (nSPS) is 15.7. The number of halogens is 1. The van der Waals surface area contributed by atoms with Crippen molar-refractivity contribution in [1.29, 1.82) is 0 Å². The lowest BCUT2D eigenvalue weighted by atomic mass is 10.0. The average Bonchev–Trinajstić information content (AvgIpc) is 2.93. The zero-order chi connectivity index (χ0) is 16.4. The molecule has 2 heterocycles. The summed E-state index contributed by atoms with van der Waals surface area (Å²) in [5.74, 6) is 0. The van der Waals surface area contributed by atoms with E-state index >= 15 is 0 Å². The molecule has 2 aromatic rings. The Balaban J connectivity index is 1.61. The van der Waals surface area contributed by atoms with Crippen LogP contribution >= 0.6 is 22.9 Å². The smallest absolute Gasteiger partial charge is 0.271 e. The number of anilines is 2. The van der Waals surface area contributed by atoms with Gasteiger partial charge in [-0.05, 0) is 25.8 Å². The summed E-state index contributed by atoms with van der Waals surface area (Å²) in [4.78, 5) is 17.0. The van der Waals surface area contributed by atoms with Crippen LogP contribution in [0, 0.1) is 17.0 Å². The topological polar surface area (TPSA) is 71.3 Å². The molecule has 0 bridgehead atoms. The number of benzene rings is 1. The number of hydrogen-bond donors (Lipinski definition) is 1. The highest BCUT2D eigenvalue weighted by molar-refractivity contribution is 7.13. The van der Waals surface area contributed by atoms with Gasteiger partial charge in [0.2, 0.25) is 0 Å². The highest BCUT2D eigenvalue weighted by Crippen LogP contribution is 2.32. The van der Waals surface area contributed by atoms with E-state index in [1.54, 1.807) is 17.4 Å². The lowest BCUT2D eigenvalue weighted by molar-refractivity contribution is -0.384. The van der Waals surface area contributed by atoms with E-state index in [2.05, 4.69) is 15.2 Å². The van der Waals surface area contributed by atoms with Crippen LogP contribution in [0.25, 0.3) is 0 Å². The molecule has 1 aliphatic heterocycles. The largest absolute Gasteiger partial charge is 0.370 e. The van der Waals surface area contributed by atoms with E-state index < -0.39 is 4.92 Å². The van der Waals surface area contributed by atoms with Gasteiger partial charge in [0, 0.05) is 36.6 Å². The second-order valence-corrected chi connectivity index (χ2v) is 6.86. The molecule has 0 spiro atoms. The first-order valence-corrected chi connectivity index (χ1v) is 8.66. The number of piperidine rings is 1. The Morgan fingerprint density at radius 2 is 2.17 bits per heavy atom. The van der Waals surface area contributed by atoms with Crippen LogP contribution in [0.2, 0.25) is 5.02 Å². The van der Waals surface area contributed by atoms with Crippen molar-refractivity contribution in [3.8, 4) is 0 Å². The van der Waals surface area contributed by atoms with Gasteiger partial charge in [-0.2, -0.15) is 0 Å². The van der Waals surface area contributed by atoms with E-state index in [1.807, 2.05) is 12.3 Å². The molecule has 0 aliphatic carbocycles. The third-order valence-corrected chi connectivity index (χ3v) is 5.12. The number of nitro benzene ring substituents is 1. The maximum absolute atomic E-state index is 10.8. The van der Waals surface area contributed by atoms with E-state index in [0.717, 1.165) is 42.4 Å². The number of aromatic nitrogens is 1. The third-order valence-electron chi connectivity index (χ3n) is 3.92. The minimum Gasteiger partial charge on any atom is -0.370 e. The fourth-order valence-corrected chi connectivity index (χ4v) is 3.79. The van der Waals surface area contributed by atoms with Gasteiger partial charge >= 0.3 is 0 Å². The fraction of sp³-hybridized carbons (Fsp3) is 0.400. The van der Waals surface area contributed by atoms with Crippen LogP contribution in [0.15, 0.2) is 23.6 Å². The summed E-state index contributed by atoms with van der Waals surface area (Å²) in [5, 5.41) is 17.7. The number of rotatable bonds is 4. The molecule has 1 fully saturated rings. The molecule has 1 N–H and O–H groups in total. The Morgan fingerprint density at radius 1 is 1.43 bits per heavy atom. The SMILES string of the molecule is Cc1csc(NC2CCN(c3ccc([N+](=O)[O-])cc3Cl)CC2)n1. The van der Waals surface area contributed by atoms with Crippen LogP contribution in [0.3, 0.4) is 0 Å². The molecule has 0 amide bonds. The molecule has 23 heavy (non-hydrogen) atoms. The molecule has 3 rings (SSSR count). The maximum Gasteiger partial charge on any atom is 0.271 e. The Kier molecular flexibility index (Phi) is 4.68. The summed E-state index contributed by atoms with van der Waals surface area (Å²) in [6.07, 6.45) is 1.96. The molecule has 0 radical (unpaired) electrons.